The molecule has 4 nitrogen and oxygen atoms in total. The van der Waals surface area contributed by atoms with Gasteiger partial charge in [0.15, 0.2) is 0 Å². The van der Waals surface area contributed by atoms with Crippen LogP contribution in [-0.2, 0) is 6.42 Å². The number of benzene rings is 1. The molecular weight excluding hydrogens is 238 g/mol. The molecule has 98 valence electrons. The minimum atomic E-state index is 0.470. The Labute approximate surface area is 113 Å². The molecule has 1 N–H and O–H groups in total. The number of nitrogens with zero attached hydrogens (tertiary/aromatic N) is 2. The summed E-state index contributed by atoms with van der Waals surface area (Å²) in [4.78, 5) is 7.81. The number of aromatic nitrogens is 2. The molecule has 0 aliphatic carbocycles. The Bertz CT molecular complexity index is 623. The van der Waals surface area contributed by atoms with Crippen LogP contribution in [0.15, 0.2) is 18.2 Å². The predicted octanol–water partition coefficient (Wildman–Crippen LogP) is 3.16. The number of rotatable bonds is 4. The summed E-state index contributed by atoms with van der Waals surface area (Å²) >= 11 is 0. The van der Waals surface area contributed by atoms with Gasteiger partial charge in [0.05, 0.1) is 18.9 Å². The minimum Gasteiger partial charge on any atom is -0.496 e. The van der Waals surface area contributed by atoms with Crippen molar-refractivity contribution in [2.75, 3.05) is 7.11 Å². The Balaban J connectivity index is 2.44. The van der Waals surface area contributed by atoms with Crippen molar-refractivity contribution < 1.29 is 4.74 Å². The Kier molecular flexibility index (Phi) is 3.86. The highest BCUT2D eigenvalue weighted by atomic mass is 16.5. The van der Waals surface area contributed by atoms with Gasteiger partial charge in [0, 0.05) is 24.1 Å². The number of hydrogen-bond donors (Lipinski definition) is 1. The lowest BCUT2D eigenvalue weighted by molar-refractivity contribution is 0.416. The summed E-state index contributed by atoms with van der Waals surface area (Å²) < 4.78 is 5.39. The lowest BCUT2D eigenvalue weighted by Crippen LogP contribution is -1.91. The zero-order valence-corrected chi connectivity index (χ0v) is 11.4. The largest absolute Gasteiger partial charge is 0.496 e. The third kappa shape index (κ3) is 2.76. The second kappa shape index (κ2) is 5.57. The molecule has 4 heteroatoms. The summed E-state index contributed by atoms with van der Waals surface area (Å²) in [7, 11) is 1.66. The van der Waals surface area contributed by atoms with Gasteiger partial charge < -0.3 is 9.72 Å². The molecule has 0 saturated heterocycles. The first-order chi connectivity index (χ1) is 9.15. The van der Waals surface area contributed by atoms with E-state index in [4.69, 9.17) is 10.00 Å². The third-order valence-corrected chi connectivity index (χ3v) is 3.02. The van der Waals surface area contributed by atoms with Gasteiger partial charge in [0.1, 0.15) is 11.6 Å². The van der Waals surface area contributed by atoms with Crippen molar-refractivity contribution in [3.05, 3.63) is 35.3 Å². The normalized spacial score (nSPS) is 10.2. The molecule has 0 aliphatic rings. The van der Waals surface area contributed by atoms with E-state index >= 15 is 0 Å². The fourth-order valence-corrected chi connectivity index (χ4v) is 2.08. The number of aromatic amines is 1. The molecule has 0 unspecified atom stereocenters. The number of aryl methyl sites for hydroxylation is 3. The second-order valence-electron chi connectivity index (χ2n) is 4.52. The zero-order chi connectivity index (χ0) is 13.8. The van der Waals surface area contributed by atoms with E-state index in [2.05, 4.69) is 22.1 Å². The van der Waals surface area contributed by atoms with Crippen molar-refractivity contribution in [2.24, 2.45) is 0 Å². The zero-order valence-electron chi connectivity index (χ0n) is 11.4. The fourth-order valence-electron chi connectivity index (χ4n) is 2.08. The Morgan fingerprint density at radius 2 is 2.16 bits per heavy atom. The van der Waals surface area contributed by atoms with E-state index in [0.29, 0.717) is 12.8 Å². The molecule has 0 saturated carbocycles. The van der Waals surface area contributed by atoms with Crippen molar-refractivity contribution in [1.29, 1.82) is 5.26 Å². The smallest absolute Gasteiger partial charge is 0.128 e. The Morgan fingerprint density at radius 3 is 2.84 bits per heavy atom. The molecule has 2 rings (SSSR count). The number of hydrogen-bond acceptors (Lipinski definition) is 3. The first-order valence-electron chi connectivity index (χ1n) is 6.23. The summed E-state index contributed by atoms with van der Waals surface area (Å²) in [6.07, 6.45) is 1.11. The molecule has 0 fully saturated rings. The summed E-state index contributed by atoms with van der Waals surface area (Å²) in [5.41, 5.74) is 4.04. The van der Waals surface area contributed by atoms with Crippen molar-refractivity contribution in [1.82, 2.24) is 9.97 Å². The standard InChI is InChI=1S/C15H17N3O/c1-10-6-7-13(19-3)12(9-10)15-11(2)17-14(18-15)5-4-8-16/h6-7,9H,4-5H2,1-3H3,(H,17,18). The van der Waals surface area contributed by atoms with E-state index in [1.54, 1.807) is 7.11 Å². The molecule has 0 amide bonds. The SMILES string of the molecule is COc1ccc(C)cc1-c1nc(CCC#N)[nH]c1C. The van der Waals surface area contributed by atoms with E-state index in [9.17, 15) is 0 Å². The topological polar surface area (TPSA) is 61.7 Å². The third-order valence-electron chi connectivity index (χ3n) is 3.02. The number of H-pyrrole nitrogens is 1. The van der Waals surface area contributed by atoms with Crippen LogP contribution in [0, 0.1) is 25.2 Å². The molecule has 1 aromatic carbocycles. The molecule has 0 aliphatic heterocycles. The highest BCUT2D eigenvalue weighted by Gasteiger charge is 2.13. The summed E-state index contributed by atoms with van der Waals surface area (Å²) in [5.74, 6) is 1.66. The van der Waals surface area contributed by atoms with Crippen LogP contribution in [0.5, 0.6) is 5.75 Å². The van der Waals surface area contributed by atoms with Crippen molar-refractivity contribution >= 4 is 0 Å². The van der Waals surface area contributed by atoms with Crippen LogP contribution in [0.3, 0.4) is 0 Å². The van der Waals surface area contributed by atoms with Crippen LogP contribution in [0.1, 0.15) is 23.5 Å². The van der Waals surface area contributed by atoms with Gasteiger partial charge in [-0.3, -0.25) is 0 Å². The van der Waals surface area contributed by atoms with Crippen LogP contribution in [0.4, 0.5) is 0 Å². The van der Waals surface area contributed by atoms with Gasteiger partial charge in [-0.1, -0.05) is 11.6 Å². The molecule has 2 aromatic rings. The highest BCUT2D eigenvalue weighted by Crippen LogP contribution is 2.31. The summed E-state index contributed by atoms with van der Waals surface area (Å²) in [5, 5.41) is 8.63. The van der Waals surface area contributed by atoms with Gasteiger partial charge in [-0.05, 0) is 26.0 Å². The molecular formula is C15H17N3O. The Hall–Kier alpha value is -2.28. The van der Waals surface area contributed by atoms with Crippen molar-refractivity contribution in [2.45, 2.75) is 26.7 Å². The number of nitrogens with one attached hydrogen (secondary N) is 1. The first-order valence-corrected chi connectivity index (χ1v) is 6.23. The van der Waals surface area contributed by atoms with E-state index in [1.165, 1.54) is 0 Å². The molecule has 1 heterocycles. The molecule has 0 atom stereocenters. The van der Waals surface area contributed by atoms with E-state index < -0.39 is 0 Å². The second-order valence-corrected chi connectivity index (χ2v) is 4.52. The van der Waals surface area contributed by atoms with Crippen molar-refractivity contribution in [3.63, 3.8) is 0 Å². The maximum absolute atomic E-state index is 8.63. The van der Waals surface area contributed by atoms with Gasteiger partial charge in [0.25, 0.3) is 0 Å². The Morgan fingerprint density at radius 1 is 1.37 bits per heavy atom. The summed E-state index contributed by atoms with van der Waals surface area (Å²) in [6, 6.07) is 8.16. The lowest BCUT2D eigenvalue weighted by Gasteiger charge is -2.08. The summed E-state index contributed by atoms with van der Waals surface area (Å²) in [6.45, 7) is 4.03. The maximum atomic E-state index is 8.63. The molecule has 0 radical (unpaired) electrons. The molecule has 1 aromatic heterocycles. The average molecular weight is 255 g/mol. The van der Waals surface area contributed by atoms with Crippen LogP contribution < -0.4 is 4.74 Å². The van der Waals surface area contributed by atoms with Gasteiger partial charge >= 0.3 is 0 Å². The highest BCUT2D eigenvalue weighted by molar-refractivity contribution is 5.70. The fraction of sp³-hybridized carbons (Fsp3) is 0.333. The van der Waals surface area contributed by atoms with Crippen molar-refractivity contribution in [3.8, 4) is 23.1 Å². The lowest BCUT2D eigenvalue weighted by atomic mass is 10.1. The van der Waals surface area contributed by atoms with Gasteiger partial charge in [-0.25, -0.2) is 4.98 Å². The minimum absolute atomic E-state index is 0.470. The molecule has 19 heavy (non-hydrogen) atoms. The first kappa shape index (κ1) is 13.2. The molecule has 0 spiro atoms. The van der Waals surface area contributed by atoms with Crippen LogP contribution in [0.25, 0.3) is 11.3 Å². The van der Waals surface area contributed by atoms with E-state index in [-0.39, 0.29) is 0 Å². The van der Waals surface area contributed by atoms with Gasteiger partial charge in [0.2, 0.25) is 0 Å². The number of ether oxygens (including phenoxy) is 1. The van der Waals surface area contributed by atoms with Crippen LogP contribution >= 0.6 is 0 Å². The number of imidazole rings is 1. The maximum Gasteiger partial charge on any atom is 0.128 e. The van der Waals surface area contributed by atoms with Crippen LogP contribution in [0.2, 0.25) is 0 Å². The molecule has 0 bridgehead atoms. The van der Waals surface area contributed by atoms with E-state index in [0.717, 1.165) is 34.1 Å². The monoisotopic (exact) mass is 255 g/mol. The van der Waals surface area contributed by atoms with Gasteiger partial charge in [-0.15, -0.1) is 0 Å². The predicted molar refractivity (Wildman–Crippen MR) is 74.0 cm³/mol. The van der Waals surface area contributed by atoms with E-state index in [1.807, 2.05) is 26.0 Å². The number of nitriles is 1. The quantitative estimate of drug-likeness (QED) is 0.912. The number of methoxy groups -OCH3 is 1. The van der Waals surface area contributed by atoms with Crippen LogP contribution in [-0.4, -0.2) is 17.1 Å². The average Bonchev–Trinajstić information content (AvgIpc) is 2.77. The van der Waals surface area contributed by atoms with Gasteiger partial charge in [-0.2, -0.15) is 5.26 Å².